The molecule has 0 saturated heterocycles. The molecule has 0 aliphatic carbocycles. The standard InChI is InChI=1S/C22H26N4/c1-5-17(4)23-22-25-20(18-9-7-6-8-10-18)14-21(26-22)24-19-12-15(2)11-16(3)13-19/h6-14,17H,5H2,1-4H3,(H2,23,24,25,26)/t17-/m0/s1. The third-order valence-electron chi connectivity index (χ3n) is 4.28. The highest BCUT2D eigenvalue weighted by Crippen LogP contribution is 2.25. The van der Waals surface area contributed by atoms with Gasteiger partial charge in [-0.2, -0.15) is 4.98 Å². The molecule has 0 aliphatic heterocycles. The van der Waals surface area contributed by atoms with E-state index in [2.05, 4.69) is 73.6 Å². The highest BCUT2D eigenvalue weighted by Gasteiger charge is 2.09. The second-order valence-corrected chi connectivity index (χ2v) is 6.78. The molecule has 3 aromatic rings. The minimum Gasteiger partial charge on any atom is -0.352 e. The van der Waals surface area contributed by atoms with Gasteiger partial charge >= 0.3 is 0 Å². The highest BCUT2D eigenvalue weighted by atomic mass is 15.2. The monoisotopic (exact) mass is 346 g/mol. The molecule has 4 heteroatoms. The van der Waals surface area contributed by atoms with Gasteiger partial charge in [-0.1, -0.05) is 43.3 Å². The van der Waals surface area contributed by atoms with Gasteiger partial charge in [0.1, 0.15) is 5.82 Å². The summed E-state index contributed by atoms with van der Waals surface area (Å²) in [6.45, 7) is 8.48. The van der Waals surface area contributed by atoms with Crippen molar-refractivity contribution in [1.29, 1.82) is 0 Å². The van der Waals surface area contributed by atoms with Crippen molar-refractivity contribution in [2.75, 3.05) is 10.6 Å². The lowest BCUT2D eigenvalue weighted by Gasteiger charge is -2.15. The van der Waals surface area contributed by atoms with Crippen LogP contribution in [0.4, 0.5) is 17.5 Å². The normalized spacial score (nSPS) is 11.8. The molecule has 0 spiro atoms. The van der Waals surface area contributed by atoms with Crippen LogP contribution in [0.15, 0.2) is 54.6 Å². The molecule has 0 amide bonds. The van der Waals surface area contributed by atoms with E-state index in [1.165, 1.54) is 11.1 Å². The lowest BCUT2D eigenvalue weighted by Crippen LogP contribution is -2.16. The highest BCUT2D eigenvalue weighted by molar-refractivity contribution is 5.67. The maximum absolute atomic E-state index is 4.71. The van der Waals surface area contributed by atoms with E-state index < -0.39 is 0 Å². The summed E-state index contributed by atoms with van der Waals surface area (Å²) in [4.78, 5) is 9.37. The Labute approximate surface area is 155 Å². The molecule has 4 nitrogen and oxygen atoms in total. The van der Waals surface area contributed by atoms with Gasteiger partial charge in [-0.3, -0.25) is 0 Å². The van der Waals surface area contributed by atoms with Crippen molar-refractivity contribution in [1.82, 2.24) is 9.97 Å². The predicted molar refractivity (Wildman–Crippen MR) is 110 cm³/mol. The summed E-state index contributed by atoms with van der Waals surface area (Å²) < 4.78 is 0. The fraction of sp³-hybridized carbons (Fsp3) is 0.273. The molecule has 1 atom stereocenters. The molecule has 0 unspecified atom stereocenters. The first-order valence-electron chi connectivity index (χ1n) is 9.10. The third-order valence-corrected chi connectivity index (χ3v) is 4.28. The van der Waals surface area contributed by atoms with Crippen LogP contribution in [-0.4, -0.2) is 16.0 Å². The van der Waals surface area contributed by atoms with E-state index in [4.69, 9.17) is 4.98 Å². The Balaban J connectivity index is 1.98. The van der Waals surface area contributed by atoms with Gasteiger partial charge in [0, 0.05) is 23.4 Å². The summed E-state index contributed by atoms with van der Waals surface area (Å²) in [5, 5.41) is 6.82. The summed E-state index contributed by atoms with van der Waals surface area (Å²) in [5.74, 6) is 1.43. The zero-order valence-electron chi connectivity index (χ0n) is 15.9. The van der Waals surface area contributed by atoms with E-state index in [0.29, 0.717) is 12.0 Å². The summed E-state index contributed by atoms with van der Waals surface area (Å²) >= 11 is 0. The third kappa shape index (κ3) is 4.60. The molecule has 0 fully saturated rings. The van der Waals surface area contributed by atoms with Crippen molar-refractivity contribution in [3.8, 4) is 11.3 Å². The van der Waals surface area contributed by atoms with Crippen molar-refractivity contribution in [2.24, 2.45) is 0 Å². The maximum atomic E-state index is 4.71. The first kappa shape index (κ1) is 17.9. The molecular weight excluding hydrogens is 320 g/mol. The van der Waals surface area contributed by atoms with Crippen LogP contribution in [0.1, 0.15) is 31.4 Å². The van der Waals surface area contributed by atoms with E-state index in [9.17, 15) is 0 Å². The topological polar surface area (TPSA) is 49.8 Å². The van der Waals surface area contributed by atoms with Crippen LogP contribution in [0, 0.1) is 13.8 Å². The van der Waals surface area contributed by atoms with E-state index in [-0.39, 0.29) is 0 Å². The molecule has 134 valence electrons. The molecule has 3 rings (SSSR count). The Kier molecular flexibility index (Phi) is 5.52. The Bertz CT molecular complexity index is 854. The van der Waals surface area contributed by atoms with Crippen molar-refractivity contribution >= 4 is 17.5 Å². The molecule has 2 N–H and O–H groups in total. The summed E-state index contributed by atoms with van der Waals surface area (Å²) in [6.07, 6.45) is 1.01. The van der Waals surface area contributed by atoms with Gasteiger partial charge in [0.15, 0.2) is 0 Å². The van der Waals surface area contributed by atoms with Crippen molar-refractivity contribution < 1.29 is 0 Å². The Morgan fingerprint density at radius 1 is 0.923 bits per heavy atom. The van der Waals surface area contributed by atoms with Gasteiger partial charge in [-0.15, -0.1) is 0 Å². The molecule has 1 heterocycles. The predicted octanol–water partition coefficient (Wildman–Crippen LogP) is 5.71. The van der Waals surface area contributed by atoms with Gasteiger partial charge in [0.25, 0.3) is 0 Å². The lowest BCUT2D eigenvalue weighted by molar-refractivity contribution is 0.753. The molecule has 0 aliphatic rings. The number of anilines is 3. The number of nitrogens with one attached hydrogen (secondary N) is 2. The minimum absolute atomic E-state index is 0.315. The minimum atomic E-state index is 0.315. The number of rotatable bonds is 6. The van der Waals surface area contributed by atoms with Crippen molar-refractivity contribution in [3.05, 3.63) is 65.7 Å². The molecule has 0 radical (unpaired) electrons. The Morgan fingerprint density at radius 3 is 2.27 bits per heavy atom. The Hall–Kier alpha value is -2.88. The fourth-order valence-electron chi connectivity index (χ4n) is 2.85. The Morgan fingerprint density at radius 2 is 1.62 bits per heavy atom. The first-order chi connectivity index (χ1) is 12.5. The van der Waals surface area contributed by atoms with Crippen LogP contribution >= 0.6 is 0 Å². The van der Waals surface area contributed by atoms with E-state index in [1.54, 1.807) is 0 Å². The quantitative estimate of drug-likeness (QED) is 0.600. The number of hydrogen-bond donors (Lipinski definition) is 2. The maximum Gasteiger partial charge on any atom is 0.225 e. The van der Waals surface area contributed by atoms with E-state index in [1.807, 2.05) is 24.3 Å². The number of hydrogen-bond acceptors (Lipinski definition) is 4. The van der Waals surface area contributed by atoms with Crippen molar-refractivity contribution in [3.63, 3.8) is 0 Å². The van der Waals surface area contributed by atoms with Crippen LogP contribution in [0.2, 0.25) is 0 Å². The number of aryl methyl sites for hydroxylation is 2. The largest absolute Gasteiger partial charge is 0.352 e. The van der Waals surface area contributed by atoms with E-state index >= 15 is 0 Å². The average molecular weight is 346 g/mol. The zero-order chi connectivity index (χ0) is 18.5. The molecule has 2 aromatic carbocycles. The average Bonchev–Trinajstić information content (AvgIpc) is 2.61. The molecule has 0 bridgehead atoms. The summed E-state index contributed by atoms with van der Waals surface area (Å²) in [7, 11) is 0. The van der Waals surface area contributed by atoms with Crippen LogP contribution < -0.4 is 10.6 Å². The van der Waals surface area contributed by atoms with Gasteiger partial charge in [-0.05, 0) is 50.5 Å². The molecule has 26 heavy (non-hydrogen) atoms. The van der Waals surface area contributed by atoms with Crippen LogP contribution in [0.3, 0.4) is 0 Å². The number of aromatic nitrogens is 2. The molecular formula is C22H26N4. The smallest absolute Gasteiger partial charge is 0.225 e. The number of benzene rings is 2. The summed E-state index contributed by atoms with van der Waals surface area (Å²) in [5.41, 5.74) is 5.46. The van der Waals surface area contributed by atoms with Crippen LogP contribution in [0.25, 0.3) is 11.3 Å². The van der Waals surface area contributed by atoms with Gasteiger partial charge < -0.3 is 10.6 Å². The van der Waals surface area contributed by atoms with E-state index in [0.717, 1.165) is 29.2 Å². The van der Waals surface area contributed by atoms with Crippen LogP contribution in [-0.2, 0) is 0 Å². The van der Waals surface area contributed by atoms with Gasteiger partial charge in [0.2, 0.25) is 5.95 Å². The van der Waals surface area contributed by atoms with Crippen LogP contribution in [0.5, 0.6) is 0 Å². The fourth-order valence-corrected chi connectivity index (χ4v) is 2.85. The summed E-state index contributed by atoms with van der Waals surface area (Å²) in [6, 6.07) is 18.9. The van der Waals surface area contributed by atoms with Crippen molar-refractivity contribution in [2.45, 2.75) is 40.2 Å². The number of nitrogens with zero attached hydrogens (tertiary/aromatic N) is 2. The second-order valence-electron chi connectivity index (χ2n) is 6.78. The van der Waals surface area contributed by atoms with Gasteiger partial charge in [-0.25, -0.2) is 4.98 Å². The van der Waals surface area contributed by atoms with Gasteiger partial charge in [0.05, 0.1) is 5.69 Å². The second kappa shape index (κ2) is 8.00. The SMILES string of the molecule is CC[C@H](C)Nc1nc(Nc2cc(C)cc(C)c2)cc(-c2ccccc2)n1. The lowest BCUT2D eigenvalue weighted by atomic mass is 10.1. The molecule has 1 aromatic heterocycles. The molecule has 0 saturated carbocycles. The zero-order valence-corrected chi connectivity index (χ0v) is 15.9. The first-order valence-corrected chi connectivity index (χ1v) is 9.10.